The second-order valence-corrected chi connectivity index (χ2v) is 4.70. The average Bonchev–Trinajstić information content (AvgIpc) is 2.69. The van der Waals surface area contributed by atoms with Crippen molar-refractivity contribution < 1.29 is 30.0 Å². The molecule has 0 aromatic heterocycles. The van der Waals surface area contributed by atoms with Crippen LogP contribution in [-0.4, -0.2) is 45.6 Å². The summed E-state index contributed by atoms with van der Waals surface area (Å²) in [4.78, 5) is 19.2. The molecule has 0 bridgehead atoms. The van der Waals surface area contributed by atoms with Crippen LogP contribution < -0.4 is 0 Å². The zero-order valence-electron chi connectivity index (χ0n) is 16.7. The summed E-state index contributed by atoms with van der Waals surface area (Å²) in [6.07, 6.45) is 5.11. The topological polar surface area (TPSA) is 115 Å². The molecule has 1 aromatic carbocycles. The van der Waals surface area contributed by atoms with Crippen LogP contribution in [0.1, 0.15) is 19.4 Å². The summed E-state index contributed by atoms with van der Waals surface area (Å²) in [6.45, 7) is 19.3. The molecule has 0 aliphatic rings. The lowest BCUT2D eigenvalue weighted by molar-refractivity contribution is -0.133. The van der Waals surface area contributed by atoms with Crippen molar-refractivity contribution in [3.8, 4) is 0 Å². The fourth-order valence-corrected chi connectivity index (χ4v) is 0.589. The maximum absolute atomic E-state index is 9.60. The molecule has 0 fully saturated rings. The van der Waals surface area contributed by atoms with E-state index < -0.39 is 11.9 Å². The average molecular weight is 392 g/mol. The van der Waals surface area contributed by atoms with Crippen LogP contribution in [0.5, 0.6) is 0 Å². The van der Waals surface area contributed by atoms with E-state index in [1.807, 2.05) is 36.4 Å². The van der Waals surface area contributed by atoms with Crippen LogP contribution >= 0.6 is 0 Å². The van der Waals surface area contributed by atoms with Gasteiger partial charge in [0.2, 0.25) is 0 Å². The number of carboxylic acid groups (broad SMARTS) is 2. The van der Waals surface area contributed by atoms with Gasteiger partial charge in [0.15, 0.2) is 0 Å². The third kappa shape index (κ3) is 38.4. The van der Waals surface area contributed by atoms with Gasteiger partial charge in [0.05, 0.1) is 13.2 Å². The first-order valence-electron chi connectivity index (χ1n) is 7.95. The normalized spacial score (nSPS) is 7.43. The predicted molar refractivity (Wildman–Crippen MR) is 116 cm³/mol. The minimum Gasteiger partial charge on any atom is -0.478 e. The third-order valence-corrected chi connectivity index (χ3v) is 2.03. The molecule has 0 aliphatic carbocycles. The molecule has 0 aliphatic heterocycles. The number of rotatable bonds is 5. The molecule has 0 amide bonds. The number of aliphatic hydroxyl groups excluding tert-OH is 2. The fourth-order valence-electron chi connectivity index (χ4n) is 0.589. The molecule has 1 rings (SSSR count). The van der Waals surface area contributed by atoms with Gasteiger partial charge in [0.25, 0.3) is 0 Å². The van der Waals surface area contributed by atoms with Gasteiger partial charge in [-0.2, -0.15) is 0 Å². The largest absolute Gasteiger partial charge is 0.478 e. The zero-order valence-corrected chi connectivity index (χ0v) is 16.7. The van der Waals surface area contributed by atoms with Gasteiger partial charge in [-0.05, 0) is 19.4 Å². The lowest BCUT2D eigenvalue weighted by atomic mass is 10.2. The molecule has 28 heavy (non-hydrogen) atoms. The second-order valence-electron chi connectivity index (χ2n) is 4.70. The smallest absolute Gasteiger partial charge is 0.330 e. The summed E-state index contributed by atoms with van der Waals surface area (Å²) in [6, 6.07) is 10.0. The van der Waals surface area contributed by atoms with E-state index in [0.29, 0.717) is 0 Å². The Bertz CT molecular complexity index is 532. The molecule has 6 nitrogen and oxygen atoms in total. The van der Waals surface area contributed by atoms with Gasteiger partial charge in [0, 0.05) is 11.1 Å². The summed E-state index contributed by atoms with van der Waals surface area (Å²) >= 11 is 0. The van der Waals surface area contributed by atoms with Gasteiger partial charge in [-0.25, -0.2) is 9.59 Å². The Balaban J connectivity index is -0.000000133. The van der Waals surface area contributed by atoms with E-state index in [0.717, 1.165) is 0 Å². The van der Waals surface area contributed by atoms with Crippen molar-refractivity contribution in [1.29, 1.82) is 0 Å². The number of aliphatic carboxylic acids is 2. The maximum Gasteiger partial charge on any atom is 0.330 e. The summed E-state index contributed by atoms with van der Waals surface area (Å²) in [5.41, 5.74) is 1.53. The molecule has 0 heterocycles. The Morgan fingerprint density at radius 2 is 1.11 bits per heavy atom. The SMILES string of the molecule is C=C(C)C(=O)O.C=C(C)C(=O)O.C=CC=C.C=Cc1ccccc1.OCCO. The van der Waals surface area contributed by atoms with Gasteiger partial charge in [0.1, 0.15) is 0 Å². The van der Waals surface area contributed by atoms with E-state index >= 15 is 0 Å². The Morgan fingerprint density at radius 1 is 0.821 bits per heavy atom. The van der Waals surface area contributed by atoms with Crippen LogP contribution in [0, 0.1) is 0 Å². The van der Waals surface area contributed by atoms with Crippen LogP contribution in [0.15, 0.2) is 86.5 Å². The van der Waals surface area contributed by atoms with Crippen molar-refractivity contribution >= 4 is 18.0 Å². The van der Waals surface area contributed by atoms with Crippen molar-refractivity contribution in [1.82, 2.24) is 0 Å². The van der Waals surface area contributed by atoms with Crippen LogP contribution in [-0.2, 0) is 9.59 Å². The van der Waals surface area contributed by atoms with Crippen molar-refractivity contribution in [2.75, 3.05) is 13.2 Å². The first-order valence-corrected chi connectivity index (χ1v) is 7.95. The first-order chi connectivity index (χ1) is 13.0. The fraction of sp³-hybridized carbons (Fsp3) is 0.182. The van der Waals surface area contributed by atoms with Gasteiger partial charge < -0.3 is 20.4 Å². The molecule has 0 spiro atoms. The molecular weight excluding hydrogens is 360 g/mol. The molecule has 0 saturated heterocycles. The van der Waals surface area contributed by atoms with Crippen LogP contribution in [0.3, 0.4) is 0 Å². The van der Waals surface area contributed by atoms with E-state index in [2.05, 4.69) is 32.9 Å². The van der Waals surface area contributed by atoms with Crippen LogP contribution in [0.4, 0.5) is 0 Å². The van der Waals surface area contributed by atoms with E-state index in [4.69, 9.17) is 20.4 Å². The summed E-state index contributed by atoms with van der Waals surface area (Å²) in [5, 5.41) is 31.0. The maximum atomic E-state index is 9.60. The van der Waals surface area contributed by atoms with E-state index in [1.54, 1.807) is 12.2 Å². The zero-order chi connectivity index (χ0) is 23.0. The van der Waals surface area contributed by atoms with E-state index in [-0.39, 0.29) is 24.4 Å². The monoisotopic (exact) mass is 392 g/mol. The second kappa shape index (κ2) is 26.0. The Morgan fingerprint density at radius 3 is 1.21 bits per heavy atom. The highest BCUT2D eigenvalue weighted by molar-refractivity contribution is 5.85. The number of hydrogen-bond donors (Lipinski definition) is 4. The van der Waals surface area contributed by atoms with Crippen molar-refractivity contribution in [2.24, 2.45) is 0 Å². The molecule has 156 valence electrons. The molecule has 0 atom stereocenters. The van der Waals surface area contributed by atoms with Crippen LogP contribution in [0.2, 0.25) is 0 Å². The highest BCUT2D eigenvalue weighted by Gasteiger charge is 1.90. The highest BCUT2D eigenvalue weighted by atomic mass is 16.4. The Labute approximate surface area is 167 Å². The lowest BCUT2D eigenvalue weighted by Gasteiger charge is -1.85. The first kappa shape index (κ1) is 32.5. The van der Waals surface area contributed by atoms with E-state index in [9.17, 15) is 9.59 Å². The van der Waals surface area contributed by atoms with Gasteiger partial charge in [-0.3, -0.25) is 0 Å². The molecule has 1 aromatic rings. The predicted octanol–water partition coefficient (Wildman–Crippen LogP) is 3.95. The summed E-state index contributed by atoms with van der Waals surface area (Å²) in [7, 11) is 0. The standard InChI is InChI=1S/C8H8.2C4H6O2.C4H6.C2H6O2/c1-2-8-6-4-3-5-7-8;2*1-3(2)4(5)6;1-3-4-2;3-1-2-4/h2-7H,1H2;2*1H2,2H3,(H,5,6);2*3-4H,1-2H2. The van der Waals surface area contributed by atoms with Crippen molar-refractivity contribution in [2.45, 2.75) is 13.8 Å². The minimum absolute atomic E-state index is 0.125. The number of allylic oxidation sites excluding steroid dienone is 2. The number of aliphatic hydroxyl groups is 2. The quantitative estimate of drug-likeness (QED) is 0.445. The van der Waals surface area contributed by atoms with E-state index in [1.165, 1.54) is 19.4 Å². The number of benzene rings is 1. The molecule has 0 saturated carbocycles. The van der Waals surface area contributed by atoms with Crippen molar-refractivity contribution in [3.63, 3.8) is 0 Å². The number of carbonyl (C=O) groups is 2. The van der Waals surface area contributed by atoms with Crippen LogP contribution in [0.25, 0.3) is 6.08 Å². The van der Waals surface area contributed by atoms with Gasteiger partial charge in [-0.1, -0.05) is 81.5 Å². The number of carboxylic acids is 2. The highest BCUT2D eigenvalue weighted by Crippen LogP contribution is 1.97. The summed E-state index contributed by atoms with van der Waals surface area (Å²) < 4.78 is 0. The minimum atomic E-state index is -0.935. The third-order valence-electron chi connectivity index (χ3n) is 2.03. The molecular formula is C22H32O6. The van der Waals surface area contributed by atoms with Gasteiger partial charge >= 0.3 is 11.9 Å². The summed E-state index contributed by atoms with van der Waals surface area (Å²) in [5.74, 6) is -1.87. The Kier molecular flexibility index (Phi) is 30.1. The molecule has 6 heteroatoms. The Hall–Kier alpha value is -3.22. The molecule has 0 unspecified atom stereocenters. The number of hydrogen-bond acceptors (Lipinski definition) is 4. The molecule has 4 N–H and O–H groups in total. The lowest BCUT2D eigenvalue weighted by Crippen LogP contribution is -1.92. The van der Waals surface area contributed by atoms with Crippen molar-refractivity contribution in [3.05, 3.63) is 92.1 Å². The molecule has 0 radical (unpaired) electrons. The van der Waals surface area contributed by atoms with Gasteiger partial charge in [-0.15, -0.1) is 0 Å².